The highest BCUT2D eigenvalue weighted by atomic mass is 19.1. The molecule has 1 atom stereocenters. The molecule has 0 bridgehead atoms. The Morgan fingerprint density at radius 1 is 1.06 bits per heavy atom. The summed E-state index contributed by atoms with van der Waals surface area (Å²) in [7, 11) is 0. The number of nitrogens with zero attached hydrogens (tertiary/aromatic N) is 1. The van der Waals surface area contributed by atoms with Gasteiger partial charge in [-0.15, -0.1) is 0 Å². The van der Waals surface area contributed by atoms with Gasteiger partial charge in [-0.1, -0.05) is 6.92 Å². The van der Waals surface area contributed by atoms with Gasteiger partial charge < -0.3 is 5.73 Å². The first-order valence-corrected chi connectivity index (χ1v) is 5.72. The van der Waals surface area contributed by atoms with Crippen molar-refractivity contribution in [3.8, 4) is 0 Å². The molecule has 1 aromatic carbocycles. The summed E-state index contributed by atoms with van der Waals surface area (Å²) >= 11 is 0. The minimum atomic E-state index is -0.911. The predicted molar refractivity (Wildman–Crippen MR) is 65.9 cm³/mol. The zero-order chi connectivity index (χ0) is 13.2. The van der Waals surface area contributed by atoms with Gasteiger partial charge in [0.15, 0.2) is 0 Å². The van der Waals surface area contributed by atoms with Crippen LogP contribution < -0.4 is 5.73 Å². The van der Waals surface area contributed by atoms with E-state index in [9.17, 15) is 8.78 Å². The Kier molecular flexibility index (Phi) is 3.39. The lowest BCUT2D eigenvalue weighted by molar-refractivity contribution is 0.501. The molecule has 1 heterocycles. The van der Waals surface area contributed by atoms with Gasteiger partial charge in [-0.05, 0) is 41.8 Å². The molecule has 4 heteroatoms. The lowest BCUT2D eigenvalue weighted by atomic mass is 9.82. The van der Waals surface area contributed by atoms with Gasteiger partial charge >= 0.3 is 0 Å². The summed E-state index contributed by atoms with van der Waals surface area (Å²) in [6.45, 7) is 1.88. The number of hydrogen-bond donors (Lipinski definition) is 1. The molecule has 0 aliphatic rings. The van der Waals surface area contributed by atoms with E-state index >= 15 is 0 Å². The third-order valence-corrected chi connectivity index (χ3v) is 3.13. The Morgan fingerprint density at radius 2 is 1.61 bits per heavy atom. The number of benzene rings is 1. The van der Waals surface area contributed by atoms with E-state index in [4.69, 9.17) is 5.73 Å². The highest BCUT2D eigenvalue weighted by molar-refractivity contribution is 5.37. The number of rotatable bonds is 3. The van der Waals surface area contributed by atoms with Gasteiger partial charge in [0, 0.05) is 18.5 Å². The summed E-state index contributed by atoms with van der Waals surface area (Å²) in [6.07, 6.45) is 3.75. The fourth-order valence-electron chi connectivity index (χ4n) is 2.04. The molecule has 0 spiro atoms. The second kappa shape index (κ2) is 4.82. The maximum absolute atomic E-state index is 13.3. The normalized spacial score (nSPS) is 14.2. The Labute approximate surface area is 104 Å². The van der Waals surface area contributed by atoms with Crippen LogP contribution in [0.2, 0.25) is 0 Å². The molecular formula is C14H14F2N2. The Morgan fingerprint density at radius 3 is 2.11 bits per heavy atom. The number of pyridine rings is 1. The molecule has 2 N–H and O–H groups in total. The Bertz CT molecular complexity index is 522. The van der Waals surface area contributed by atoms with Gasteiger partial charge in [0.05, 0.1) is 5.54 Å². The molecule has 2 aromatic rings. The topological polar surface area (TPSA) is 38.9 Å². The van der Waals surface area contributed by atoms with Crippen LogP contribution in [0.4, 0.5) is 8.78 Å². The minimum absolute atomic E-state index is 0.425. The molecular weight excluding hydrogens is 234 g/mol. The molecule has 2 nitrogen and oxygen atoms in total. The number of halogens is 2. The van der Waals surface area contributed by atoms with Crippen molar-refractivity contribution < 1.29 is 8.78 Å². The van der Waals surface area contributed by atoms with E-state index in [0.717, 1.165) is 11.6 Å². The zero-order valence-corrected chi connectivity index (χ0v) is 10.0. The van der Waals surface area contributed by atoms with Crippen LogP contribution in [-0.2, 0) is 5.54 Å². The summed E-state index contributed by atoms with van der Waals surface area (Å²) in [5.41, 5.74) is 6.61. The summed E-state index contributed by atoms with van der Waals surface area (Å²) in [5.74, 6) is -1.25. The molecule has 0 aliphatic carbocycles. The average molecular weight is 248 g/mol. The molecule has 0 radical (unpaired) electrons. The quantitative estimate of drug-likeness (QED) is 0.907. The highest BCUT2D eigenvalue weighted by Gasteiger charge is 2.28. The standard InChI is InChI=1S/C14H14F2N2/c1-2-14(17,10-3-5-18-6-4-10)11-7-12(15)9-13(16)8-11/h3-9H,2,17H2,1H3. The van der Waals surface area contributed by atoms with E-state index in [2.05, 4.69) is 4.98 Å². The van der Waals surface area contributed by atoms with Crippen LogP contribution in [0.5, 0.6) is 0 Å². The predicted octanol–water partition coefficient (Wildman–Crippen LogP) is 2.97. The van der Waals surface area contributed by atoms with Crippen molar-refractivity contribution in [1.29, 1.82) is 0 Å². The molecule has 18 heavy (non-hydrogen) atoms. The highest BCUT2D eigenvalue weighted by Crippen LogP contribution is 2.30. The van der Waals surface area contributed by atoms with Gasteiger partial charge in [-0.2, -0.15) is 0 Å². The minimum Gasteiger partial charge on any atom is -0.318 e. The summed E-state index contributed by atoms with van der Waals surface area (Å²) in [5, 5.41) is 0. The first kappa shape index (κ1) is 12.6. The SMILES string of the molecule is CCC(N)(c1ccncc1)c1cc(F)cc(F)c1. The second-order valence-electron chi connectivity index (χ2n) is 4.22. The van der Waals surface area contributed by atoms with Crippen molar-refractivity contribution in [3.63, 3.8) is 0 Å². The lowest BCUT2D eigenvalue weighted by Crippen LogP contribution is -2.37. The number of nitrogens with two attached hydrogens (primary N) is 1. The number of aromatic nitrogens is 1. The molecule has 0 saturated carbocycles. The molecule has 0 saturated heterocycles. The van der Waals surface area contributed by atoms with Crippen molar-refractivity contribution >= 4 is 0 Å². The van der Waals surface area contributed by atoms with Crippen molar-refractivity contribution in [2.45, 2.75) is 18.9 Å². The van der Waals surface area contributed by atoms with Gasteiger partial charge in [-0.25, -0.2) is 8.78 Å². The van der Waals surface area contributed by atoms with Gasteiger partial charge in [0.1, 0.15) is 11.6 Å². The van der Waals surface area contributed by atoms with Crippen LogP contribution in [0.1, 0.15) is 24.5 Å². The van der Waals surface area contributed by atoms with E-state index in [1.165, 1.54) is 12.1 Å². The molecule has 0 amide bonds. The second-order valence-corrected chi connectivity index (χ2v) is 4.22. The third kappa shape index (κ3) is 2.24. The van der Waals surface area contributed by atoms with E-state index in [-0.39, 0.29) is 0 Å². The maximum atomic E-state index is 13.3. The smallest absolute Gasteiger partial charge is 0.126 e. The van der Waals surface area contributed by atoms with E-state index in [1.54, 1.807) is 24.5 Å². The van der Waals surface area contributed by atoms with Crippen LogP contribution in [0.15, 0.2) is 42.7 Å². The third-order valence-electron chi connectivity index (χ3n) is 3.13. The van der Waals surface area contributed by atoms with E-state index in [1.807, 2.05) is 6.92 Å². The van der Waals surface area contributed by atoms with Crippen LogP contribution in [0.25, 0.3) is 0 Å². The molecule has 1 aromatic heterocycles. The summed E-state index contributed by atoms with van der Waals surface area (Å²) < 4.78 is 26.6. The van der Waals surface area contributed by atoms with Crippen LogP contribution in [0.3, 0.4) is 0 Å². The fraction of sp³-hybridized carbons (Fsp3) is 0.214. The molecule has 1 unspecified atom stereocenters. The average Bonchev–Trinajstić information content (AvgIpc) is 2.37. The Hall–Kier alpha value is -1.81. The van der Waals surface area contributed by atoms with Crippen molar-refractivity contribution in [2.75, 3.05) is 0 Å². The van der Waals surface area contributed by atoms with Crippen LogP contribution in [0, 0.1) is 11.6 Å². The van der Waals surface area contributed by atoms with Gasteiger partial charge in [0.2, 0.25) is 0 Å². The van der Waals surface area contributed by atoms with Crippen molar-refractivity contribution in [3.05, 3.63) is 65.5 Å². The zero-order valence-electron chi connectivity index (χ0n) is 10.0. The summed E-state index contributed by atoms with van der Waals surface area (Å²) in [6, 6.07) is 6.89. The number of hydrogen-bond acceptors (Lipinski definition) is 2. The van der Waals surface area contributed by atoms with Gasteiger partial charge in [0.25, 0.3) is 0 Å². The monoisotopic (exact) mass is 248 g/mol. The molecule has 0 aliphatic heterocycles. The van der Waals surface area contributed by atoms with E-state index < -0.39 is 17.2 Å². The fourth-order valence-corrected chi connectivity index (χ4v) is 2.04. The molecule has 0 fully saturated rings. The maximum Gasteiger partial charge on any atom is 0.126 e. The van der Waals surface area contributed by atoms with Gasteiger partial charge in [-0.3, -0.25) is 4.98 Å². The van der Waals surface area contributed by atoms with E-state index in [0.29, 0.717) is 12.0 Å². The Balaban J connectivity index is 2.56. The van der Waals surface area contributed by atoms with Crippen molar-refractivity contribution in [2.24, 2.45) is 5.73 Å². The first-order chi connectivity index (χ1) is 8.56. The lowest BCUT2D eigenvalue weighted by Gasteiger charge is -2.29. The molecule has 94 valence electrons. The summed E-state index contributed by atoms with van der Waals surface area (Å²) in [4.78, 5) is 3.92. The van der Waals surface area contributed by atoms with Crippen LogP contribution in [-0.4, -0.2) is 4.98 Å². The van der Waals surface area contributed by atoms with Crippen molar-refractivity contribution in [1.82, 2.24) is 4.98 Å². The molecule has 2 rings (SSSR count). The first-order valence-electron chi connectivity index (χ1n) is 5.72. The largest absolute Gasteiger partial charge is 0.318 e. The van der Waals surface area contributed by atoms with Crippen LogP contribution >= 0.6 is 0 Å².